The standard InChI is InChI=1S/C14H17FO2/c1-9-5-6-11(15)10(8-9)14(2)7-3-4-12(16)13(14)17/h5-6,8,12,16H,3-4,7H2,1-2H3. The summed E-state index contributed by atoms with van der Waals surface area (Å²) in [6, 6.07) is 4.79. The first-order valence-corrected chi connectivity index (χ1v) is 5.94. The lowest BCUT2D eigenvalue weighted by atomic mass is 9.68. The smallest absolute Gasteiger partial charge is 0.171 e. The van der Waals surface area contributed by atoms with Crippen LogP contribution >= 0.6 is 0 Å². The van der Waals surface area contributed by atoms with E-state index in [4.69, 9.17) is 0 Å². The van der Waals surface area contributed by atoms with Crippen LogP contribution in [0.3, 0.4) is 0 Å². The van der Waals surface area contributed by atoms with Gasteiger partial charge >= 0.3 is 0 Å². The minimum atomic E-state index is -0.950. The van der Waals surface area contributed by atoms with Gasteiger partial charge in [-0.15, -0.1) is 0 Å². The minimum absolute atomic E-state index is 0.256. The van der Waals surface area contributed by atoms with Crippen molar-refractivity contribution < 1.29 is 14.3 Å². The van der Waals surface area contributed by atoms with E-state index in [0.29, 0.717) is 18.4 Å². The summed E-state index contributed by atoms with van der Waals surface area (Å²) in [6.07, 6.45) is 0.885. The van der Waals surface area contributed by atoms with E-state index in [1.807, 2.05) is 6.92 Å². The molecule has 3 heteroatoms. The molecular formula is C14H17FO2. The molecule has 0 bridgehead atoms. The second-order valence-electron chi connectivity index (χ2n) is 5.09. The van der Waals surface area contributed by atoms with Crippen molar-refractivity contribution in [3.8, 4) is 0 Å². The fourth-order valence-corrected chi connectivity index (χ4v) is 2.60. The van der Waals surface area contributed by atoms with Crippen LogP contribution in [0.25, 0.3) is 0 Å². The molecule has 0 spiro atoms. The van der Waals surface area contributed by atoms with E-state index in [1.165, 1.54) is 6.07 Å². The molecule has 0 radical (unpaired) electrons. The van der Waals surface area contributed by atoms with Crippen LogP contribution in [0, 0.1) is 12.7 Å². The van der Waals surface area contributed by atoms with Crippen molar-refractivity contribution >= 4 is 5.78 Å². The zero-order valence-electron chi connectivity index (χ0n) is 10.2. The molecule has 2 unspecified atom stereocenters. The summed E-state index contributed by atoms with van der Waals surface area (Å²) in [5.41, 5.74) is 0.463. The molecule has 1 aliphatic carbocycles. The highest BCUT2D eigenvalue weighted by Crippen LogP contribution is 2.38. The Morgan fingerprint density at radius 1 is 1.47 bits per heavy atom. The average molecular weight is 236 g/mol. The number of rotatable bonds is 1. The summed E-state index contributed by atoms with van der Waals surface area (Å²) in [5, 5.41) is 9.66. The Morgan fingerprint density at radius 3 is 2.88 bits per heavy atom. The van der Waals surface area contributed by atoms with E-state index in [1.54, 1.807) is 19.1 Å². The van der Waals surface area contributed by atoms with Crippen molar-refractivity contribution in [1.82, 2.24) is 0 Å². The van der Waals surface area contributed by atoms with Crippen LogP contribution in [0.5, 0.6) is 0 Å². The zero-order chi connectivity index (χ0) is 12.6. The quantitative estimate of drug-likeness (QED) is 0.813. The lowest BCUT2D eigenvalue weighted by molar-refractivity contribution is -0.135. The fourth-order valence-electron chi connectivity index (χ4n) is 2.60. The molecule has 1 aromatic rings. The fraction of sp³-hybridized carbons (Fsp3) is 0.500. The molecule has 92 valence electrons. The highest BCUT2D eigenvalue weighted by atomic mass is 19.1. The summed E-state index contributed by atoms with van der Waals surface area (Å²) in [7, 11) is 0. The number of ketones is 1. The first-order valence-electron chi connectivity index (χ1n) is 5.94. The first kappa shape index (κ1) is 12.2. The van der Waals surface area contributed by atoms with E-state index in [0.717, 1.165) is 12.0 Å². The molecule has 1 saturated carbocycles. The number of aliphatic hydroxyl groups is 1. The Labute approximate surface area is 100 Å². The van der Waals surface area contributed by atoms with Crippen LogP contribution in [0.2, 0.25) is 0 Å². The number of halogens is 1. The molecule has 0 amide bonds. The van der Waals surface area contributed by atoms with Gasteiger partial charge in [0.2, 0.25) is 0 Å². The number of carbonyl (C=O) groups excluding carboxylic acids is 1. The maximum atomic E-state index is 13.9. The molecule has 2 nitrogen and oxygen atoms in total. The van der Waals surface area contributed by atoms with Gasteiger partial charge in [0.15, 0.2) is 5.78 Å². The van der Waals surface area contributed by atoms with Crippen molar-refractivity contribution in [3.63, 3.8) is 0 Å². The van der Waals surface area contributed by atoms with Crippen LogP contribution in [-0.2, 0) is 10.2 Å². The zero-order valence-corrected chi connectivity index (χ0v) is 10.2. The molecular weight excluding hydrogens is 219 g/mol. The second kappa shape index (κ2) is 4.22. The Bertz CT molecular complexity index is 456. The van der Waals surface area contributed by atoms with Crippen molar-refractivity contribution in [2.45, 2.75) is 44.6 Å². The van der Waals surface area contributed by atoms with E-state index in [9.17, 15) is 14.3 Å². The molecule has 1 aromatic carbocycles. The maximum Gasteiger partial charge on any atom is 0.171 e. The number of aryl methyl sites for hydroxylation is 1. The van der Waals surface area contributed by atoms with E-state index < -0.39 is 11.5 Å². The van der Waals surface area contributed by atoms with Crippen LogP contribution in [0.4, 0.5) is 4.39 Å². The first-order chi connectivity index (χ1) is 7.95. The monoisotopic (exact) mass is 236 g/mol. The lowest BCUT2D eigenvalue weighted by Gasteiger charge is -2.35. The van der Waals surface area contributed by atoms with Crippen molar-refractivity contribution in [3.05, 3.63) is 35.1 Å². The molecule has 0 heterocycles. The topological polar surface area (TPSA) is 37.3 Å². The van der Waals surface area contributed by atoms with Crippen LogP contribution < -0.4 is 0 Å². The Balaban J connectivity index is 2.50. The number of hydrogen-bond acceptors (Lipinski definition) is 2. The summed E-state index contributed by atoms with van der Waals surface area (Å²) >= 11 is 0. The maximum absolute atomic E-state index is 13.9. The highest BCUT2D eigenvalue weighted by molar-refractivity contribution is 5.94. The molecule has 0 saturated heterocycles. The molecule has 2 atom stereocenters. The van der Waals surface area contributed by atoms with Crippen LogP contribution in [0.15, 0.2) is 18.2 Å². The van der Waals surface area contributed by atoms with Gasteiger partial charge in [-0.1, -0.05) is 17.7 Å². The Kier molecular flexibility index (Phi) is 3.04. The van der Waals surface area contributed by atoms with Crippen LogP contribution in [-0.4, -0.2) is 17.0 Å². The summed E-state index contributed by atoms with van der Waals surface area (Å²) in [6.45, 7) is 3.60. The van der Waals surface area contributed by atoms with E-state index in [-0.39, 0.29) is 11.6 Å². The average Bonchev–Trinajstić information content (AvgIpc) is 2.29. The molecule has 2 rings (SSSR count). The van der Waals surface area contributed by atoms with Crippen molar-refractivity contribution in [2.75, 3.05) is 0 Å². The number of aliphatic hydroxyl groups excluding tert-OH is 1. The largest absolute Gasteiger partial charge is 0.385 e. The predicted octanol–water partition coefficient (Wildman–Crippen LogP) is 2.51. The molecule has 0 aliphatic heterocycles. The third-order valence-electron chi connectivity index (χ3n) is 3.72. The molecule has 1 N–H and O–H groups in total. The SMILES string of the molecule is Cc1ccc(F)c(C2(C)CCCC(O)C2=O)c1. The van der Waals surface area contributed by atoms with Crippen molar-refractivity contribution in [1.29, 1.82) is 0 Å². The molecule has 1 aliphatic rings. The number of hydrogen-bond donors (Lipinski definition) is 1. The van der Waals surface area contributed by atoms with Gasteiger partial charge in [0.1, 0.15) is 11.9 Å². The summed E-state index contributed by atoms with van der Waals surface area (Å²) in [5.74, 6) is -0.617. The van der Waals surface area contributed by atoms with Gasteiger partial charge < -0.3 is 5.11 Å². The minimum Gasteiger partial charge on any atom is -0.385 e. The van der Waals surface area contributed by atoms with E-state index in [2.05, 4.69) is 0 Å². The van der Waals surface area contributed by atoms with Crippen LogP contribution in [0.1, 0.15) is 37.3 Å². The normalized spacial score (nSPS) is 29.4. The number of carbonyl (C=O) groups is 1. The Morgan fingerprint density at radius 2 is 2.18 bits per heavy atom. The van der Waals surface area contributed by atoms with Gasteiger partial charge in [0.25, 0.3) is 0 Å². The molecule has 1 fully saturated rings. The molecule has 0 aromatic heterocycles. The second-order valence-corrected chi connectivity index (χ2v) is 5.09. The number of benzene rings is 1. The highest BCUT2D eigenvalue weighted by Gasteiger charge is 2.43. The third kappa shape index (κ3) is 2.00. The third-order valence-corrected chi connectivity index (χ3v) is 3.72. The summed E-state index contributed by atoms with van der Waals surface area (Å²) in [4.78, 5) is 12.1. The number of Topliss-reactive ketones (excluding diaryl/α,β-unsaturated/α-hetero) is 1. The van der Waals surface area contributed by atoms with E-state index >= 15 is 0 Å². The van der Waals surface area contributed by atoms with Gasteiger partial charge in [-0.25, -0.2) is 4.39 Å². The molecule has 17 heavy (non-hydrogen) atoms. The lowest BCUT2D eigenvalue weighted by Crippen LogP contribution is -2.44. The van der Waals surface area contributed by atoms with Gasteiger partial charge in [-0.3, -0.25) is 4.79 Å². The van der Waals surface area contributed by atoms with Gasteiger partial charge in [-0.05, 0) is 39.2 Å². The van der Waals surface area contributed by atoms with Crippen molar-refractivity contribution in [2.24, 2.45) is 0 Å². The predicted molar refractivity (Wildman–Crippen MR) is 63.4 cm³/mol. The van der Waals surface area contributed by atoms with Gasteiger partial charge in [-0.2, -0.15) is 0 Å². The summed E-state index contributed by atoms with van der Waals surface area (Å²) < 4.78 is 13.9. The Hall–Kier alpha value is -1.22. The van der Waals surface area contributed by atoms with Gasteiger partial charge in [0.05, 0.1) is 5.41 Å². The van der Waals surface area contributed by atoms with Gasteiger partial charge in [0, 0.05) is 5.56 Å².